The summed E-state index contributed by atoms with van der Waals surface area (Å²) >= 11 is 0. The minimum atomic E-state index is -0.725. The average molecular weight is 341 g/mol. The van der Waals surface area contributed by atoms with Crippen LogP contribution in [0.3, 0.4) is 0 Å². The first-order valence-electron chi connectivity index (χ1n) is 8.56. The van der Waals surface area contributed by atoms with Crippen LogP contribution in [-0.4, -0.2) is 24.7 Å². The number of amides is 1. The van der Waals surface area contributed by atoms with Crippen molar-refractivity contribution in [2.45, 2.75) is 38.2 Å². The van der Waals surface area contributed by atoms with Crippen LogP contribution in [0.2, 0.25) is 0 Å². The number of carbonyl (C=O) groups excluding carboxylic acids is 1. The number of hydrogen-bond donors (Lipinski definition) is 2. The molecule has 134 valence electrons. The fraction of sp³-hybridized carbons (Fsp3) is 0.381. The number of ether oxygens (including phenoxy) is 1. The molecule has 0 aliphatic carbocycles. The third-order valence-electron chi connectivity index (χ3n) is 4.53. The molecule has 0 spiro atoms. The lowest BCUT2D eigenvalue weighted by atomic mass is 9.80. The van der Waals surface area contributed by atoms with Gasteiger partial charge in [0.1, 0.15) is 5.75 Å². The highest BCUT2D eigenvalue weighted by atomic mass is 16.5. The summed E-state index contributed by atoms with van der Waals surface area (Å²) in [6.45, 7) is 4.49. The molecule has 0 fully saturated rings. The monoisotopic (exact) mass is 341 g/mol. The topological polar surface area (TPSA) is 58.6 Å². The highest BCUT2D eigenvalue weighted by Gasteiger charge is 2.21. The Kier molecular flexibility index (Phi) is 6.59. The largest absolute Gasteiger partial charge is 0.497 e. The fourth-order valence-electron chi connectivity index (χ4n) is 2.70. The van der Waals surface area contributed by atoms with E-state index < -0.39 is 6.10 Å². The second kappa shape index (κ2) is 8.67. The van der Waals surface area contributed by atoms with E-state index in [1.165, 1.54) is 5.56 Å². The molecule has 0 saturated heterocycles. The van der Waals surface area contributed by atoms with Crippen LogP contribution in [0.15, 0.2) is 54.6 Å². The van der Waals surface area contributed by atoms with Gasteiger partial charge >= 0.3 is 0 Å². The van der Waals surface area contributed by atoms with Crippen molar-refractivity contribution in [1.82, 2.24) is 5.32 Å². The quantitative estimate of drug-likeness (QED) is 0.771. The Morgan fingerprint density at radius 2 is 1.76 bits per heavy atom. The Labute approximate surface area is 149 Å². The lowest BCUT2D eigenvalue weighted by Crippen LogP contribution is -2.30. The molecular formula is C21H27NO3. The van der Waals surface area contributed by atoms with Gasteiger partial charge in [-0.3, -0.25) is 4.79 Å². The van der Waals surface area contributed by atoms with E-state index in [1.807, 2.05) is 18.2 Å². The normalized spacial score (nSPS) is 12.5. The molecule has 4 heteroatoms. The molecule has 2 aromatic carbocycles. The summed E-state index contributed by atoms with van der Waals surface area (Å²) < 4.78 is 5.10. The summed E-state index contributed by atoms with van der Waals surface area (Å²) in [5, 5.41) is 13.0. The first-order chi connectivity index (χ1) is 11.9. The van der Waals surface area contributed by atoms with Crippen LogP contribution < -0.4 is 10.1 Å². The lowest BCUT2D eigenvalue weighted by molar-refractivity contribution is -0.121. The first-order valence-corrected chi connectivity index (χ1v) is 8.56. The Balaban J connectivity index is 1.80. The van der Waals surface area contributed by atoms with E-state index in [0.717, 1.165) is 17.7 Å². The smallest absolute Gasteiger partial charge is 0.220 e. The van der Waals surface area contributed by atoms with Crippen molar-refractivity contribution in [1.29, 1.82) is 0 Å². The van der Waals surface area contributed by atoms with Gasteiger partial charge < -0.3 is 15.2 Å². The van der Waals surface area contributed by atoms with E-state index in [2.05, 4.69) is 31.3 Å². The van der Waals surface area contributed by atoms with E-state index in [4.69, 9.17) is 4.74 Å². The van der Waals surface area contributed by atoms with Gasteiger partial charge in [0, 0.05) is 13.0 Å². The van der Waals surface area contributed by atoms with Crippen LogP contribution in [0.4, 0.5) is 0 Å². The zero-order valence-electron chi connectivity index (χ0n) is 15.2. The zero-order valence-corrected chi connectivity index (χ0v) is 15.2. The SMILES string of the molecule is COc1ccc(C(O)CNC(=O)CCC(C)(C)c2ccccc2)cc1. The maximum absolute atomic E-state index is 12.1. The molecule has 0 aromatic heterocycles. The molecule has 0 radical (unpaired) electrons. The van der Waals surface area contributed by atoms with Gasteiger partial charge in [0.05, 0.1) is 13.2 Å². The summed E-state index contributed by atoms with van der Waals surface area (Å²) in [7, 11) is 1.60. The molecule has 2 aromatic rings. The van der Waals surface area contributed by atoms with E-state index in [0.29, 0.717) is 6.42 Å². The van der Waals surface area contributed by atoms with E-state index in [-0.39, 0.29) is 17.9 Å². The standard InChI is InChI=1S/C21H27NO3/c1-21(2,17-7-5-4-6-8-17)14-13-20(24)22-15-19(23)16-9-11-18(25-3)12-10-16/h4-12,19,23H,13-15H2,1-3H3,(H,22,24). The minimum absolute atomic E-state index is 0.0448. The van der Waals surface area contributed by atoms with E-state index in [9.17, 15) is 9.90 Å². The Morgan fingerprint density at radius 3 is 2.36 bits per heavy atom. The molecule has 2 N–H and O–H groups in total. The Bertz CT molecular complexity index is 665. The van der Waals surface area contributed by atoms with Gasteiger partial charge in [-0.15, -0.1) is 0 Å². The molecule has 1 atom stereocenters. The Morgan fingerprint density at radius 1 is 1.12 bits per heavy atom. The van der Waals surface area contributed by atoms with Crippen molar-refractivity contribution in [3.63, 3.8) is 0 Å². The first kappa shape index (κ1) is 19.0. The van der Waals surface area contributed by atoms with Gasteiger partial charge in [-0.25, -0.2) is 0 Å². The molecule has 1 unspecified atom stereocenters. The number of nitrogens with one attached hydrogen (secondary N) is 1. The maximum atomic E-state index is 12.1. The van der Waals surface area contributed by atoms with Crippen LogP contribution in [0.1, 0.15) is 43.9 Å². The third kappa shape index (κ3) is 5.61. The van der Waals surface area contributed by atoms with Gasteiger partial charge in [-0.1, -0.05) is 56.3 Å². The molecule has 0 heterocycles. The average Bonchev–Trinajstić information content (AvgIpc) is 2.65. The molecule has 25 heavy (non-hydrogen) atoms. The highest BCUT2D eigenvalue weighted by molar-refractivity contribution is 5.76. The number of methoxy groups -OCH3 is 1. The summed E-state index contributed by atoms with van der Waals surface area (Å²) in [5.74, 6) is 0.694. The van der Waals surface area contributed by atoms with E-state index >= 15 is 0 Å². The van der Waals surface area contributed by atoms with Crippen LogP contribution in [0.25, 0.3) is 0 Å². The van der Waals surface area contributed by atoms with Crippen molar-refractivity contribution >= 4 is 5.91 Å². The second-order valence-electron chi connectivity index (χ2n) is 6.84. The highest BCUT2D eigenvalue weighted by Crippen LogP contribution is 2.28. The molecule has 0 bridgehead atoms. The fourth-order valence-corrected chi connectivity index (χ4v) is 2.70. The maximum Gasteiger partial charge on any atom is 0.220 e. The molecule has 4 nitrogen and oxygen atoms in total. The molecule has 0 aliphatic rings. The van der Waals surface area contributed by atoms with Crippen molar-refractivity contribution in [2.24, 2.45) is 0 Å². The molecule has 0 saturated carbocycles. The van der Waals surface area contributed by atoms with Crippen molar-refractivity contribution in [3.05, 3.63) is 65.7 Å². The minimum Gasteiger partial charge on any atom is -0.497 e. The predicted octanol–water partition coefficient (Wildman–Crippen LogP) is 3.60. The van der Waals surface area contributed by atoms with Crippen molar-refractivity contribution < 1.29 is 14.6 Å². The number of rotatable bonds is 8. The molecular weight excluding hydrogens is 314 g/mol. The summed E-state index contributed by atoms with van der Waals surface area (Å²) in [6.07, 6.45) is 0.454. The number of aliphatic hydroxyl groups excluding tert-OH is 1. The van der Waals surface area contributed by atoms with Crippen LogP contribution in [-0.2, 0) is 10.2 Å². The number of hydrogen-bond acceptors (Lipinski definition) is 3. The van der Waals surface area contributed by atoms with Gasteiger partial charge in [-0.05, 0) is 35.1 Å². The summed E-state index contributed by atoms with van der Waals surface area (Å²) in [5.41, 5.74) is 1.92. The van der Waals surface area contributed by atoms with Gasteiger partial charge in [0.25, 0.3) is 0 Å². The Hall–Kier alpha value is -2.33. The number of aliphatic hydroxyl groups is 1. The van der Waals surface area contributed by atoms with Crippen LogP contribution in [0, 0.1) is 0 Å². The van der Waals surface area contributed by atoms with Crippen LogP contribution in [0.5, 0.6) is 5.75 Å². The summed E-state index contributed by atoms with van der Waals surface area (Å²) in [6, 6.07) is 17.4. The second-order valence-corrected chi connectivity index (χ2v) is 6.84. The molecule has 1 amide bonds. The van der Waals surface area contributed by atoms with Gasteiger partial charge in [0.2, 0.25) is 5.91 Å². The van der Waals surface area contributed by atoms with Crippen LogP contribution >= 0.6 is 0 Å². The van der Waals surface area contributed by atoms with Gasteiger partial charge in [-0.2, -0.15) is 0 Å². The van der Waals surface area contributed by atoms with E-state index in [1.54, 1.807) is 31.4 Å². The predicted molar refractivity (Wildman–Crippen MR) is 99.7 cm³/mol. The van der Waals surface area contributed by atoms with Crippen molar-refractivity contribution in [3.8, 4) is 5.75 Å². The van der Waals surface area contributed by atoms with Gasteiger partial charge in [0.15, 0.2) is 0 Å². The lowest BCUT2D eigenvalue weighted by Gasteiger charge is -2.25. The number of benzene rings is 2. The number of carbonyl (C=O) groups is 1. The zero-order chi connectivity index (χ0) is 18.3. The summed E-state index contributed by atoms with van der Waals surface area (Å²) in [4.78, 5) is 12.1. The van der Waals surface area contributed by atoms with Crippen molar-refractivity contribution in [2.75, 3.05) is 13.7 Å². The molecule has 2 rings (SSSR count). The third-order valence-corrected chi connectivity index (χ3v) is 4.53. The molecule has 0 aliphatic heterocycles.